The number of hydrogen-bond donors (Lipinski definition) is 3. The second-order valence-corrected chi connectivity index (χ2v) is 9.83. The Balaban J connectivity index is 1.45. The van der Waals surface area contributed by atoms with Crippen molar-refractivity contribution in [2.45, 2.75) is 24.9 Å². The molecule has 1 aromatic carbocycles. The van der Waals surface area contributed by atoms with Crippen LogP contribution in [0.1, 0.15) is 32.9 Å². The molecular weight excluding hydrogens is 460 g/mol. The van der Waals surface area contributed by atoms with E-state index >= 15 is 0 Å². The Morgan fingerprint density at radius 1 is 1.00 bits per heavy atom. The number of hydrogen-bond acceptors (Lipinski definition) is 5. The summed E-state index contributed by atoms with van der Waals surface area (Å²) >= 11 is 7.20. The first kappa shape index (κ1) is 23.2. The molecule has 2 heterocycles. The molecular formula is C24H25ClN4O3S. The van der Waals surface area contributed by atoms with E-state index in [-0.39, 0.29) is 29.5 Å². The Morgan fingerprint density at radius 2 is 1.70 bits per heavy atom. The number of aromatic nitrogens is 1. The Morgan fingerprint density at radius 3 is 2.30 bits per heavy atom. The highest BCUT2D eigenvalue weighted by Gasteiger charge is 2.36. The highest BCUT2D eigenvalue weighted by Crippen LogP contribution is 2.28. The summed E-state index contributed by atoms with van der Waals surface area (Å²) in [7, 11) is 1.90. The second-order valence-electron chi connectivity index (χ2n) is 8.11. The predicted octanol–water partition coefficient (Wildman–Crippen LogP) is 3.08. The van der Waals surface area contributed by atoms with Gasteiger partial charge in [0, 0.05) is 35.6 Å². The molecule has 1 fully saturated rings. The lowest BCUT2D eigenvalue weighted by Gasteiger charge is -2.22. The van der Waals surface area contributed by atoms with Gasteiger partial charge in [0.15, 0.2) is 0 Å². The standard InChI is InChI=1S/C24H25ClN4O3S/c1-26-14-15-12-18(19(13-15)28-24(32)20-9-10-21(25)33-20)27-23(31)16-5-7-17(8-6-16)29-11-3-2-4-22(29)30/h2-11,15,18-19,26H,12-14H2,1H3,(H,27,31)(H,28,32)/t15-,18-,19+/m0/s1. The van der Waals surface area contributed by atoms with Crippen LogP contribution in [0.15, 0.2) is 65.6 Å². The fraction of sp³-hybridized carbons (Fsp3) is 0.292. The number of carbonyl (C=O) groups excluding carboxylic acids is 2. The van der Waals surface area contributed by atoms with Gasteiger partial charge in [-0.15, -0.1) is 11.3 Å². The molecule has 0 unspecified atom stereocenters. The zero-order valence-corrected chi connectivity index (χ0v) is 19.7. The van der Waals surface area contributed by atoms with Crippen LogP contribution in [-0.4, -0.2) is 42.1 Å². The van der Waals surface area contributed by atoms with E-state index in [0.29, 0.717) is 26.4 Å². The second kappa shape index (κ2) is 10.3. The molecule has 2 aromatic heterocycles. The number of amides is 2. The SMILES string of the molecule is CNC[C@H]1C[C@H](NC(=O)c2ccc(-n3ccccc3=O)cc2)[C@H](NC(=O)c2ccc(Cl)s2)C1. The molecule has 7 nitrogen and oxygen atoms in total. The van der Waals surface area contributed by atoms with E-state index in [0.717, 1.165) is 19.4 Å². The Labute approximate surface area is 200 Å². The topological polar surface area (TPSA) is 92.2 Å². The van der Waals surface area contributed by atoms with Gasteiger partial charge >= 0.3 is 0 Å². The van der Waals surface area contributed by atoms with Crippen LogP contribution in [0.2, 0.25) is 4.34 Å². The molecule has 1 saturated carbocycles. The molecule has 0 aliphatic heterocycles. The summed E-state index contributed by atoms with van der Waals surface area (Å²) in [5.41, 5.74) is 1.05. The first-order valence-corrected chi connectivity index (χ1v) is 11.9. The molecule has 0 bridgehead atoms. The van der Waals surface area contributed by atoms with Crippen molar-refractivity contribution < 1.29 is 9.59 Å². The molecule has 1 aliphatic carbocycles. The number of halogens is 1. The molecule has 3 N–H and O–H groups in total. The fourth-order valence-corrected chi connectivity index (χ4v) is 5.21. The lowest BCUT2D eigenvalue weighted by Crippen LogP contribution is -2.48. The largest absolute Gasteiger partial charge is 0.347 e. The van der Waals surface area contributed by atoms with Crippen molar-refractivity contribution in [1.82, 2.24) is 20.5 Å². The number of thiophene rings is 1. The molecule has 9 heteroatoms. The minimum Gasteiger partial charge on any atom is -0.347 e. The lowest BCUT2D eigenvalue weighted by molar-refractivity contribution is 0.0894. The third kappa shape index (κ3) is 5.52. The highest BCUT2D eigenvalue weighted by molar-refractivity contribution is 7.18. The zero-order valence-electron chi connectivity index (χ0n) is 18.1. The maximum absolute atomic E-state index is 13.0. The first-order valence-electron chi connectivity index (χ1n) is 10.7. The van der Waals surface area contributed by atoms with Gasteiger partial charge in [-0.05, 0) is 74.8 Å². The van der Waals surface area contributed by atoms with Crippen molar-refractivity contribution in [2.75, 3.05) is 13.6 Å². The maximum atomic E-state index is 13.0. The molecule has 33 heavy (non-hydrogen) atoms. The molecule has 3 aromatic rings. The van der Waals surface area contributed by atoms with Crippen molar-refractivity contribution in [2.24, 2.45) is 5.92 Å². The van der Waals surface area contributed by atoms with Crippen LogP contribution < -0.4 is 21.5 Å². The molecule has 0 radical (unpaired) electrons. The quantitative estimate of drug-likeness (QED) is 0.480. The van der Waals surface area contributed by atoms with E-state index < -0.39 is 0 Å². The van der Waals surface area contributed by atoms with Crippen molar-refractivity contribution in [3.8, 4) is 5.69 Å². The molecule has 0 spiro atoms. The Bertz CT molecular complexity index is 1190. The maximum Gasteiger partial charge on any atom is 0.261 e. The molecule has 1 aliphatic rings. The lowest BCUT2D eigenvalue weighted by atomic mass is 10.1. The van der Waals surface area contributed by atoms with E-state index in [1.54, 1.807) is 54.7 Å². The van der Waals surface area contributed by atoms with E-state index in [1.165, 1.54) is 22.0 Å². The van der Waals surface area contributed by atoms with E-state index in [4.69, 9.17) is 11.6 Å². The van der Waals surface area contributed by atoms with Gasteiger partial charge in [0.2, 0.25) is 0 Å². The smallest absolute Gasteiger partial charge is 0.261 e. The summed E-state index contributed by atoms with van der Waals surface area (Å²) in [6.45, 7) is 0.810. The van der Waals surface area contributed by atoms with Gasteiger partial charge in [-0.3, -0.25) is 19.0 Å². The van der Waals surface area contributed by atoms with Crippen molar-refractivity contribution >= 4 is 34.8 Å². The zero-order chi connectivity index (χ0) is 23.4. The molecule has 2 amide bonds. The van der Waals surface area contributed by atoms with Crippen LogP contribution >= 0.6 is 22.9 Å². The number of pyridine rings is 1. The summed E-state index contributed by atoms with van der Waals surface area (Å²) in [5, 5.41) is 9.35. The monoisotopic (exact) mass is 484 g/mol. The van der Waals surface area contributed by atoms with E-state index in [2.05, 4.69) is 16.0 Å². The van der Waals surface area contributed by atoms with Crippen LogP contribution in [0.25, 0.3) is 5.69 Å². The minimum atomic E-state index is -0.213. The van der Waals surface area contributed by atoms with Gasteiger partial charge in [0.25, 0.3) is 17.4 Å². The third-order valence-electron chi connectivity index (χ3n) is 5.81. The van der Waals surface area contributed by atoms with E-state index in [1.807, 2.05) is 7.05 Å². The fourth-order valence-electron chi connectivity index (χ4n) is 4.26. The van der Waals surface area contributed by atoms with Gasteiger partial charge in [0.05, 0.1) is 9.21 Å². The molecule has 3 atom stereocenters. The normalized spacial score (nSPS) is 19.9. The molecule has 4 rings (SSSR count). The average molecular weight is 485 g/mol. The van der Waals surface area contributed by atoms with Crippen LogP contribution in [0, 0.1) is 5.92 Å². The summed E-state index contributed by atoms with van der Waals surface area (Å²) in [6, 6.07) is 14.9. The van der Waals surface area contributed by atoms with Crippen LogP contribution in [0.3, 0.4) is 0 Å². The van der Waals surface area contributed by atoms with Crippen LogP contribution in [0.5, 0.6) is 0 Å². The first-order chi connectivity index (χ1) is 15.9. The van der Waals surface area contributed by atoms with Gasteiger partial charge in [-0.25, -0.2) is 0 Å². The summed E-state index contributed by atoms with van der Waals surface area (Å²) < 4.78 is 2.08. The van der Waals surface area contributed by atoms with Gasteiger partial charge < -0.3 is 16.0 Å². The van der Waals surface area contributed by atoms with Gasteiger partial charge in [-0.1, -0.05) is 17.7 Å². The van der Waals surface area contributed by atoms with Crippen molar-refractivity contribution in [3.63, 3.8) is 0 Å². The Hall–Kier alpha value is -2.94. The van der Waals surface area contributed by atoms with Crippen LogP contribution in [0.4, 0.5) is 0 Å². The van der Waals surface area contributed by atoms with E-state index in [9.17, 15) is 14.4 Å². The number of benzene rings is 1. The van der Waals surface area contributed by atoms with Crippen molar-refractivity contribution in [1.29, 1.82) is 0 Å². The number of carbonyl (C=O) groups is 2. The summed E-state index contributed by atoms with van der Waals surface area (Å²) in [5.74, 6) is -0.0562. The number of rotatable bonds is 7. The summed E-state index contributed by atoms with van der Waals surface area (Å²) in [6.07, 6.45) is 3.22. The van der Waals surface area contributed by atoms with Gasteiger partial charge in [-0.2, -0.15) is 0 Å². The number of nitrogens with zero attached hydrogens (tertiary/aromatic N) is 1. The Kier molecular flexibility index (Phi) is 7.27. The highest BCUT2D eigenvalue weighted by atomic mass is 35.5. The van der Waals surface area contributed by atoms with Crippen molar-refractivity contribution in [3.05, 3.63) is 85.9 Å². The minimum absolute atomic E-state index is 0.137. The van der Waals surface area contributed by atoms with Gasteiger partial charge in [0.1, 0.15) is 0 Å². The predicted molar refractivity (Wildman–Crippen MR) is 131 cm³/mol. The number of nitrogens with one attached hydrogen (secondary N) is 3. The third-order valence-corrected chi connectivity index (χ3v) is 7.04. The van der Waals surface area contributed by atoms with Crippen LogP contribution in [-0.2, 0) is 0 Å². The summed E-state index contributed by atoms with van der Waals surface area (Å²) in [4.78, 5) is 38.2. The molecule has 0 saturated heterocycles. The molecule has 172 valence electrons. The average Bonchev–Trinajstić information content (AvgIpc) is 3.40.